The van der Waals surface area contributed by atoms with Gasteiger partial charge < -0.3 is 5.32 Å². The number of rotatable bonds is 5. The summed E-state index contributed by atoms with van der Waals surface area (Å²) in [6.07, 6.45) is 1.45. The van der Waals surface area contributed by atoms with Gasteiger partial charge in [-0.25, -0.2) is 18.7 Å². The van der Waals surface area contributed by atoms with Crippen LogP contribution in [0.15, 0.2) is 34.4 Å². The number of nitrogens with zero attached hydrogens (tertiary/aromatic N) is 2. The van der Waals surface area contributed by atoms with Gasteiger partial charge in [0.25, 0.3) is 0 Å². The fraction of sp³-hybridized carbons (Fsp3) is 0.333. The molecule has 0 unspecified atom stereocenters. The van der Waals surface area contributed by atoms with Crippen LogP contribution in [0.4, 0.5) is 14.6 Å². The van der Waals surface area contributed by atoms with Crippen LogP contribution in [0, 0.1) is 11.6 Å². The number of aromatic nitrogens is 2. The molecule has 2 rings (SSSR count). The van der Waals surface area contributed by atoms with Crippen LogP contribution in [0.25, 0.3) is 0 Å². The Hall–Kier alpha value is -1.69. The lowest BCUT2D eigenvalue weighted by Gasteiger charge is -2.16. The number of hydrogen-bond acceptors (Lipinski definition) is 4. The van der Waals surface area contributed by atoms with E-state index in [9.17, 15) is 8.78 Å². The van der Waals surface area contributed by atoms with Gasteiger partial charge in [0, 0.05) is 23.1 Å². The standard InChI is InChI=1S/C15H17F2N3S/c1-4-18-14-13(9(2)3)15(20-8-19-14)21-12-6-5-10(16)7-11(12)17/h5-9H,4H2,1-3H3,(H,18,19,20). The molecule has 1 heterocycles. The molecular weight excluding hydrogens is 292 g/mol. The van der Waals surface area contributed by atoms with E-state index in [0.717, 1.165) is 24.0 Å². The molecule has 112 valence electrons. The SMILES string of the molecule is CCNc1ncnc(Sc2ccc(F)cc2F)c1C(C)C. The minimum absolute atomic E-state index is 0.186. The van der Waals surface area contributed by atoms with Crippen LogP contribution in [-0.2, 0) is 0 Å². The Morgan fingerprint density at radius 1 is 1.24 bits per heavy atom. The quantitative estimate of drug-likeness (QED) is 0.827. The van der Waals surface area contributed by atoms with E-state index in [2.05, 4.69) is 15.3 Å². The lowest BCUT2D eigenvalue weighted by Crippen LogP contribution is -2.07. The number of nitrogens with one attached hydrogen (secondary N) is 1. The molecule has 0 radical (unpaired) electrons. The van der Waals surface area contributed by atoms with Gasteiger partial charge in [-0.2, -0.15) is 0 Å². The van der Waals surface area contributed by atoms with E-state index in [-0.39, 0.29) is 5.92 Å². The van der Waals surface area contributed by atoms with E-state index in [0.29, 0.717) is 9.92 Å². The fourth-order valence-corrected chi connectivity index (χ4v) is 2.99. The first kappa shape index (κ1) is 15.7. The Kier molecular flexibility index (Phi) is 5.12. The summed E-state index contributed by atoms with van der Waals surface area (Å²) in [5, 5.41) is 3.87. The maximum Gasteiger partial charge on any atom is 0.140 e. The highest BCUT2D eigenvalue weighted by Gasteiger charge is 2.17. The van der Waals surface area contributed by atoms with Crippen molar-refractivity contribution in [1.82, 2.24) is 9.97 Å². The number of anilines is 1. The molecule has 1 aromatic carbocycles. The minimum Gasteiger partial charge on any atom is -0.370 e. The summed E-state index contributed by atoms with van der Waals surface area (Å²) in [6.45, 7) is 6.79. The molecule has 0 aliphatic rings. The lowest BCUT2D eigenvalue weighted by molar-refractivity contribution is 0.565. The summed E-state index contributed by atoms with van der Waals surface area (Å²) >= 11 is 1.19. The molecule has 0 atom stereocenters. The molecule has 2 aromatic rings. The van der Waals surface area contributed by atoms with Crippen molar-refractivity contribution in [3.05, 3.63) is 41.7 Å². The third-order valence-corrected chi connectivity index (χ3v) is 3.94. The number of benzene rings is 1. The number of hydrogen-bond donors (Lipinski definition) is 1. The van der Waals surface area contributed by atoms with Gasteiger partial charge >= 0.3 is 0 Å². The molecule has 0 fully saturated rings. The highest BCUT2D eigenvalue weighted by molar-refractivity contribution is 7.99. The molecular formula is C15H17F2N3S. The average molecular weight is 309 g/mol. The monoisotopic (exact) mass is 309 g/mol. The van der Waals surface area contributed by atoms with Crippen molar-refractivity contribution in [1.29, 1.82) is 0 Å². The van der Waals surface area contributed by atoms with Crippen LogP contribution < -0.4 is 5.32 Å². The second-order valence-electron chi connectivity index (χ2n) is 4.80. The average Bonchev–Trinajstić information content (AvgIpc) is 2.42. The largest absolute Gasteiger partial charge is 0.370 e. The molecule has 21 heavy (non-hydrogen) atoms. The Labute approximate surface area is 127 Å². The van der Waals surface area contributed by atoms with E-state index in [1.165, 1.54) is 30.2 Å². The van der Waals surface area contributed by atoms with E-state index >= 15 is 0 Å². The van der Waals surface area contributed by atoms with Gasteiger partial charge in [0.1, 0.15) is 28.8 Å². The Morgan fingerprint density at radius 3 is 2.62 bits per heavy atom. The van der Waals surface area contributed by atoms with Crippen molar-refractivity contribution >= 4 is 17.6 Å². The van der Waals surface area contributed by atoms with Crippen molar-refractivity contribution in [2.75, 3.05) is 11.9 Å². The first-order chi connectivity index (χ1) is 10.0. The molecule has 0 saturated carbocycles. The van der Waals surface area contributed by atoms with Gasteiger partial charge in [-0.05, 0) is 25.0 Å². The van der Waals surface area contributed by atoms with E-state index in [1.54, 1.807) is 0 Å². The van der Waals surface area contributed by atoms with Gasteiger partial charge in [0.05, 0.1) is 0 Å². The maximum absolute atomic E-state index is 13.8. The van der Waals surface area contributed by atoms with Crippen molar-refractivity contribution in [2.24, 2.45) is 0 Å². The molecule has 3 nitrogen and oxygen atoms in total. The van der Waals surface area contributed by atoms with Crippen LogP contribution >= 0.6 is 11.8 Å². The third-order valence-electron chi connectivity index (χ3n) is 2.87. The zero-order valence-electron chi connectivity index (χ0n) is 12.2. The predicted octanol–water partition coefficient (Wildman–Crippen LogP) is 4.46. The van der Waals surface area contributed by atoms with Crippen LogP contribution in [0.2, 0.25) is 0 Å². The molecule has 0 bridgehead atoms. The summed E-state index contributed by atoms with van der Waals surface area (Å²) < 4.78 is 26.8. The fourth-order valence-electron chi connectivity index (χ4n) is 1.95. The number of halogens is 2. The van der Waals surface area contributed by atoms with Crippen molar-refractivity contribution < 1.29 is 8.78 Å². The van der Waals surface area contributed by atoms with Gasteiger partial charge in [-0.3, -0.25) is 0 Å². The van der Waals surface area contributed by atoms with Gasteiger partial charge in [0.15, 0.2) is 0 Å². The van der Waals surface area contributed by atoms with E-state index < -0.39 is 11.6 Å². The topological polar surface area (TPSA) is 37.8 Å². The summed E-state index contributed by atoms with van der Waals surface area (Å²) in [5.74, 6) is -0.228. The summed E-state index contributed by atoms with van der Waals surface area (Å²) in [6, 6.07) is 3.55. The third kappa shape index (κ3) is 3.69. The zero-order valence-corrected chi connectivity index (χ0v) is 13.0. The molecule has 0 aliphatic heterocycles. The summed E-state index contributed by atoms with van der Waals surface area (Å²) in [4.78, 5) is 8.84. The zero-order chi connectivity index (χ0) is 15.4. The normalized spacial score (nSPS) is 11.0. The molecule has 6 heteroatoms. The molecule has 0 amide bonds. The highest BCUT2D eigenvalue weighted by Crippen LogP contribution is 2.36. The van der Waals surface area contributed by atoms with Crippen LogP contribution in [0.1, 0.15) is 32.3 Å². The molecule has 0 aliphatic carbocycles. The minimum atomic E-state index is -0.586. The lowest BCUT2D eigenvalue weighted by atomic mass is 10.1. The second kappa shape index (κ2) is 6.85. The molecule has 0 spiro atoms. The molecule has 1 N–H and O–H groups in total. The predicted molar refractivity (Wildman–Crippen MR) is 80.8 cm³/mol. The Morgan fingerprint density at radius 2 is 2.00 bits per heavy atom. The van der Waals surface area contributed by atoms with Crippen molar-refractivity contribution in [3.8, 4) is 0 Å². The van der Waals surface area contributed by atoms with Gasteiger partial charge in [-0.1, -0.05) is 25.6 Å². The first-order valence-corrected chi connectivity index (χ1v) is 7.56. The van der Waals surface area contributed by atoms with E-state index in [1.807, 2.05) is 20.8 Å². The molecule has 1 aromatic heterocycles. The Balaban J connectivity index is 2.41. The van der Waals surface area contributed by atoms with Gasteiger partial charge in [0.2, 0.25) is 0 Å². The maximum atomic E-state index is 13.8. The van der Waals surface area contributed by atoms with Crippen LogP contribution in [0.5, 0.6) is 0 Å². The highest BCUT2D eigenvalue weighted by atomic mass is 32.2. The molecule has 0 saturated heterocycles. The van der Waals surface area contributed by atoms with Crippen molar-refractivity contribution in [3.63, 3.8) is 0 Å². The summed E-state index contributed by atoms with van der Waals surface area (Å²) in [7, 11) is 0. The van der Waals surface area contributed by atoms with Crippen molar-refractivity contribution in [2.45, 2.75) is 36.6 Å². The first-order valence-electron chi connectivity index (χ1n) is 6.74. The van der Waals surface area contributed by atoms with Gasteiger partial charge in [-0.15, -0.1) is 0 Å². The van der Waals surface area contributed by atoms with Crippen LogP contribution in [0.3, 0.4) is 0 Å². The second-order valence-corrected chi connectivity index (χ2v) is 5.83. The Bertz CT molecular complexity index is 632. The summed E-state index contributed by atoms with van der Waals surface area (Å²) in [5.41, 5.74) is 0.938. The van der Waals surface area contributed by atoms with Crippen LogP contribution in [-0.4, -0.2) is 16.5 Å². The van der Waals surface area contributed by atoms with E-state index in [4.69, 9.17) is 0 Å². The smallest absolute Gasteiger partial charge is 0.140 e.